The first-order valence-corrected chi connectivity index (χ1v) is 9.56. The molecule has 0 N–H and O–H groups in total. The molecule has 0 unspecified atom stereocenters. The lowest BCUT2D eigenvalue weighted by Gasteiger charge is -2.62. The van der Waals surface area contributed by atoms with Crippen LogP contribution in [0.4, 0.5) is 0 Å². The van der Waals surface area contributed by atoms with Crippen molar-refractivity contribution in [3.8, 4) is 0 Å². The van der Waals surface area contributed by atoms with Gasteiger partial charge in [-0.2, -0.15) is 0 Å². The van der Waals surface area contributed by atoms with Crippen LogP contribution >= 0.6 is 0 Å². The molecule has 0 saturated carbocycles. The fourth-order valence-corrected chi connectivity index (χ4v) is 4.97. The van der Waals surface area contributed by atoms with Crippen LogP contribution in [0.2, 0.25) is 5.04 Å². The Morgan fingerprint density at radius 2 is 0.800 bits per heavy atom. The summed E-state index contributed by atoms with van der Waals surface area (Å²) in [5, 5.41) is 0.303. The normalized spacial score (nSPS) is 13.9. The van der Waals surface area contributed by atoms with Gasteiger partial charge in [-0.25, -0.2) is 0 Å². The summed E-state index contributed by atoms with van der Waals surface area (Å²) in [6.07, 6.45) is 0. The van der Waals surface area contributed by atoms with Crippen molar-refractivity contribution in [2.24, 2.45) is 0 Å². The minimum absolute atomic E-state index is 0.0513. The second kappa shape index (κ2) is 8.52. The van der Waals surface area contributed by atoms with Gasteiger partial charge in [0, 0.05) is 10.2 Å². The first-order chi connectivity index (χ1) is 9.31. The van der Waals surface area contributed by atoms with Crippen molar-refractivity contribution >= 4 is 10.2 Å². The van der Waals surface area contributed by atoms with Gasteiger partial charge >= 0.3 is 0 Å². The SMILES string of the molecule is CCN(CC)C(N(CC)CC)(N(CC)CC)C(C)(C)[SiH3]. The van der Waals surface area contributed by atoms with E-state index in [1.54, 1.807) is 0 Å². The van der Waals surface area contributed by atoms with E-state index in [1.165, 1.54) is 10.2 Å². The smallest absolute Gasteiger partial charge is 0.132 e. The Bertz CT molecular complexity index is 220. The van der Waals surface area contributed by atoms with E-state index in [0.717, 1.165) is 39.3 Å². The molecule has 4 heteroatoms. The van der Waals surface area contributed by atoms with Crippen LogP contribution in [-0.4, -0.2) is 70.0 Å². The van der Waals surface area contributed by atoms with Crippen molar-refractivity contribution in [1.82, 2.24) is 14.7 Å². The molecule has 0 aliphatic carbocycles. The summed E-state index contributed by atoms with van der Waals surface area (Å²) in [5.41, 5.74) is 0. The van der Waals surface area contributed by atoms with Crippen molar-refractivity contribution in [2.75, 3.05) is 39.3 Å². The lowest BCUT2D eigenvalue weighted by Crippen LogP contribution is -2.74. The first kappa shape index (κ1) is 20.1. The molecule has 3 nitrogen and oxygen atoms in total. The molecule has 0 rings (SSSR count). The predicted molar refractivity (Wildman–Crippen MR) is 95.5 cm³/mol. The van der Waals surface area contributed by atoms with Gasteiger partial charge in [-0.3, -0.25) is 14.7 Å². The van der Waals surface area contributed by atoms with Crippen LogP contribution in [0.5, 0.6) is 0 Å². The highest BCUT2D eigenvalue weighted by Gasteiger charge is 2.52. The zero-order valence-electron chi connectivity index (χ0n) is 15.6. The molecule has 0 saturated heterocycles. The fourth-order valence-electron chi connectivity index (χ4n) is 4.02. The van der Waals surface area contributed by atoms with Gasteiger partial charge in [-0.15, -0.1) is 0 Å². The highest BCUT2D eigenvalue weighted by atomic mass is 28.1. The number of rotatable bonds is 10. The van der Waals surface area contributed by atoms with Gasteiger partial charge in [-0.05, 0) is 44.3 Å². The zero-order chi connectivity index (χ0) is 16.0. The third kappa shape index (κ3) is 3.46. The molecule has 0 heterocycles. The number of nitrogens with zero attached hydrogens (tertiary/aromatic N) is 3. The Morgan fingerprint density at radius 1 is 0.600 bits per heavy atom. The van der Waals surface area contributed by atoms with Crippen molar-refractivity contribution < 1.29 is 0 Å². The van der Waals surface area contributed by atoms with Gasteiger partial charge in [-0.1, -0.05) is 55.4 Å². The van der Waals surface area contributed by atoms with E-state index in [0.29, 0.717) is 5.04 Å². The second-order valence-corrected chi connectivity index (χ2v) is 8.90. The summed E-state index contributed by atoms with van der Waals surface area (Å²) < 4.78 is 0. The van der Waals surface area contributed by atoms with Crippen LogP contribution in [0.3, 0.4) is 0 Å². The number of hydrogen-bond acceptors (Lipinski definition) is 3. The minimum Gasteiger partial charge on any atom is -0.273 e. The molecule has 0 bridgehead atoms. The molecule has 0 spiro atoms. The van der Waals surface area contributed by atoms with Crippen LogP contribution in [0.15, 0.2) is 0 Å². The van der Waals surface area contributed by atoms with Crippen molar-refractivity contribution in [3.05, 3.63) is 0 Å². The average molecular weight is 302 g/mol. The third-order valence-corrected chi connectivity index (χ3v) is 5.29. The molecule has 0 fully saturated rings. The molecule has 0 aromatic carbocycles. The summed E-state index contributed by atoms with van der Waals surface area (Å²) in [6.45, 7) is 25.4. The summed E-state index contributed by atoms with van der Waals surface area (Å²) in [5.74, 6) is 0.0513. The van der Waals surface area contributed by atoms with Gasteiger partial charge in [0.15, 0.2) is 0 Å². The lowest BCUT2D eigenvalue weighted by molar-refractivity contribution is -0.184. The van der Waals surface area contributed by atoms with Crippen molar-refractivity contribution in [3.63, 3.8) is 0 Å². The Morgan fingerprint density at radius 3 is 0.900 bits per heavy atom. The van der Waals surface area contributed by atoms with Crippen LogP contribution in [-0.2, 0) is 0 Å². The number of hydrogen-bond donors (Lipinski definition) is 0. The maximum absolute atomic E-state index is 2.68. The first-order valence-electron chi connectivity index (χ1n) is 8.56. The molecule has 0 amide bonds. The van der Waals surface area contributed by atoms with Gasteiger partial charge in [0.05, 0.1) is 0 Å². The molecule has 122 valence electrons. The molecular formula is C16H39N3Si. The van der Waals surface area contributed by atoms with Gasteiger partial charge in [0.2, 0.25) is 0 Å². The molecular weight excluding hydrogens is 262 g/mol. The van der Waals surface area contributed by atoms with E-state index < -0.39 is 0 Å². The maximum Gasteiger partial charge on any atom is 0.132 e. The molecule has 20 heavy (non-hydrogen) atoms. The molecule has 0 aliphatic rings. The maximum atomic E-state index is 2.68. The van der Waals surface area contributed by atoms with E-state index in [1.807, 2.05) is 0 Å². The van der Waals surface area contributed by atoms with Gasteiger partial charge in [0.1, 0.15) is 5.79 Å². The minimum atomic E-state index is 0.0513. The van der Waals surface area contributed by atoms with E-state index >= 15 is 0 Å². The Balaban J connectivity index is 6.15. The lowest BCUT2D eigenvalue weighted by atomic mass is 9.96. The van der Waals surface area contributed by atoms with E-state index in [-0.39, 0.29) is 5.79 Å². The third-order valence-electron chi connectivity index (χ3n) is 4.62. The van der Waals surface area contributed by atoms with Crippen molar-refractivity contribution in [1.29, 1.82) is 0 Å². The highest BCUT2D eigenvalue weighted by molar-refractivity contribution is 6.15. The summed E-state index contributed by atoms with van der Waals surface area (Å²) in [4.78, 5) is 8.04. The predicted octanol–water partition coefficient (Wildman–Crippen LogP) is 2.23. The summed E-state index contributed by atoms with van der Waals surface area (Å²) in [6, 6.07) is 0. The molecule has 0 aliphatic heterocycles. The zero-order valence-corrected chi connectivity index (χ0v) is 17.6. The Hall–Kier alpha value is 0.0969. The standard InChI is InChI=1S/C16H39N3Si/c1-9-17(10-2)16(15(7,8)20,18(11-3)12-4)19(13-5)14-6/h9-14H2,1-8,20H3. The van der Waals surface area contributed by atoms with Crippen LogP contribution in [0.25, 0.3) is 0 Å². The summed E-state index contributed by atoms with van der Waals surface area (Å²) >= 11 is 0. The van der Waals surface area contributed by atoms with Crippen molar-refractivity contribution in [2.45, 2.75) is 66.2 Å². The summed E-state index contributed by atoms with van der Waals surface area (Å²) in [7, 11) is 1.18. The monoisotopic (exact) mass is 301 g/mol. The van der Waals surface area contributed by atoms with E-state index in [2.05, 4.69) is 70.1 Å². The van der Waals surface area contributed by atoms with Crippen LogP contribution in [0, 0.1) is 0 Å². The van der Waals surface area contributed by atoms with E-state index in [4.69, 9.17) is 0 Å². The van der Waals surface area contributed by atoms with E-state index in [9.17, 15) is 0 Å². The van der Waals surface area contributed by atoms with Crippen LogP contribution in [0.1, 0.15) is 55.4 Å². The fraction of sp³-hybridized carbons (Fsp3) is 1.00. The highest BCUT2D eigenvalue weighted by Crippen LogP contribution is 2.44. The average Bonchev–Trinajstić information content (AvgIpc) is 2.40. The Labute approximate surface area is 131 Å². The van der Waals surface area contributed by atoms with Gasteiger partial charge in [0.25, 0.3) is 0 Å². The largest absolute Gasteiger partial charge is 0.273 e. The topological polar surface area (TPSA) is 9.72 Å². The molecule has 0 atom stereocenters. The second-order valence-electron chi connectivity index (χ2n) is 6.40. The molecule has 0 aromatic rings. The van der Waals surface area contributed by atoms with Gasteiger partial charge < -0.3 is 0 Å². The quantitative estimate of drug-likeness (QED) is 0.452. The van der Waals surface area contributed by atoms with Crippen LogP contribution < -0.4 is 0 Å². The Kier molecular flexibility index (Phi) is 8.56. The molecule has 0 radical (unpaired) electrons. The molecule has 0 aromatic heterocycles.